The van der Waals surface area contributed by atoms with E-state index >= 15 is 0 Å². The summed E-state index contributed by atoms with van der Waals surface area (Å²) in [6, 6.07) is 7.90. The number of likely N-dealkylation sites (tertiary alicyclic amines) is 1. The van der Waals surface area contributed by atoms with Crippen molar-refractivity contribution < 1.29 is 9.53 Å². The molecular formula is C19H24N4O2. The lowest BCUT2D eigenvalue weighted by Gasteiger charge is -2.51. The summed E-state index contributed by atoms with van der Waals surface area (Å²) in [5.74, 6) is 0.597. The van der Waals surface area contributed by atoms with Crippen molar-refractivity contribution in [1.82, 2.24) is 14.9 Å². The minimum absolute atomic E-state index is 0.243. The molecule has 1 amide bonds. The first-order chi connectivity index (χ1) is 12.2. The Balaban J connectivity index is 1.66. The van der Waals surface area contributed by atoms with Gasteiger partial charge in [0.25, 0.3) is 0 Å². The third-order valence-corrected chi connectivity index (χ3v) is 5.05. The fourth-order valence-electron chi connectivity index (χ4n) is 3.52. The number of nitrogens with zero attached hydrogens (tertiary/aromatic N) is 3. The van der Waals surface area contributed by atoms with Crippen molar-refractivity contribution in [3.05, 3.63) is 54.1 Å². The van der Waals surface area contributed by atoms with Crippen LogP contribution in [0.2, 0.25) is 0 Å². The Morgan fingerprint density at radius 2 is 2.20 bits per heavy atom. The molecule has 132 valence electrons. The van der Waals surface area contributed by atoms with Crippen LogP contribution in [0.3, 0.4) is 0 Å². The molecule has 2 aromatic rings. The predicted octanol–water partition coefficient (Wildman–Crippen LogP) is 1.94. The number of methoxy groups -OCH3 is 1. The Morgan fingerprint density at radius 3 is 2.84 bits per heavy atom. The Hall–Kier alpha value is -2.47. The monoisotopic (exact) mass is 340 g/mol. The van der Waals surface area contributed by atoms with Crippen molar-refractivity contribution in [2.24, 2.45) is 5.73 Å². The molecule has 1 unspecified atom stereocenters. The summed E-state index contributed by atoms with van der Waals surface area (Å²) >= 11 is 0. The van der Waals surface area contributed by atoms with Gasteiger partial charge in [-0.1, -0.05) is 18.2 Å². The van der Waals surface area contributed by atoms with Gasteiger partial charge in [0.1, 0.15) is 11.3 Å². The third kappa shape index (κ3) is 3.64. The molecule has 0 spiro atoms. The van der Waals surface area contributed by atoms with E-state index in [2.05, 4.69) is 14.9 Å². The van der Waals surface area contributed by atoms with E-state index < -0.39 is 5.54 Å². The molecule has 0 saturated carbocycles. The maximum atomic E-state index is 12.2. The zero-order valence-corrected chi connectivity index (χ0v) is 14.5. The summed E-state index contributed by atoms with van der Waals surface area (Å²) in [5, 5.41) is 0. The molecule has 25 heavy (non-hydrogen) atoms. The molecule has 0 bridgehead atoms. The number of ether oxygens (including phenoxy) is 1. The van der Waals surface area contributed by atoms with Crippen molar-refractivity contribution in [1.29, 1.82) is 0 Å². The van der Waals surface area contributed by atoms with E-state index in [9.17, 15) is 4.79 Å². The van der Waals surface area contributed by atoms with Gasteiger partial charge in [0.2, 0.25) is 5.91 Å². The van der Waals surface area contributed by atoms with E-state index in [4.69, 9.17) is 10.5 Å². The normalized spacial score (nSPS) is 20.0. The summed E-state index contributed by atoms with van der Waals surface area (Å²) in [6.07, 6.45) is 8.30. The highest BCUT2D eigenvalue weighted by Crippen LogP contribution is 2.37. The molecule has 1 aromatic heterocycles. The maximum Gasteiger partial charge on any atom is 0.238 e. The van der Waals surface area contributed by atoms with E-state index in [0.29, 0.717) is 6.54 Å². The van der Waals surface area contributed by atoms with Gasteiger partial charge < -0.3 is 10.5 Å². The number of aryl methyl sites for hydroxylation is 1. The molecule has 1 aliphatic rings. The summed E-state index contributed by atoms with van der Waals surface area (Å²) in [4.78, 5) is 22.8. The van der Waals surface area contributed by atoms with E-state index in [1.54, 1.807) is 25.7 Å². The number of rotatable bonds is 8. The number of benzene rings is 1. The Bertz CT molecular complexity index is 722. The van der Waals surface area contributed by atoms with Gasteiger partial charge in [-0.25, -0.2) is 0 Å². The van der Waals surface area contributed by atoms with Gasteiger partial charge in [0.05, 0.1) is 12.8 Å². The average Bonchev–Trinajstić information content (AvgIpc) is 2.63. The lowest BCUT2D eigenvalue weighted by molar-refractivity contribution is -0.141. The van der Waals surface area contributed by atoms with Crippen LogP contribution in [0.15, 0.2) is 42.9 Å². The fraction of sp³-hybridized carbons (Fsp3) is 0.421. The molecule has 2 N–H and O–H groups in total. The highest BCUT2D eigenvalue weighted by Gasteiger charge is 2.49. The van der Waals surface area contributed by atoms with Crippen LogP contribution < -0.4 is 10.5 Å². The van der Waals surface area contributed by atoms with Crippen LogP contribution in [0.5, 0.6) is 5.75 Å². The lowest BCUT2D eigenvalue weighted by atomic mass is 9.78. The molecule has 1 aliphatic heterocycles. The Kier molecular flexibility index (Phi) is 5.28. The minimum atomic E-state index is -0.566. The van der Waals surface area contributed by atoms with Gasteiger partial charge in [0.15, 0.2) is 0 Å². The molecule has 2 heterocycles. The van der Waals surface area contributed by atoms with E-state index in [-0.39, 0.29) is 5.91 Å². The third-order valence-electron chi connectivity index (χ3n) is 5.05. The second kappa shape index (κ2) is 7.61. The predicted molar refractivity (Wildman–Crippen MR) is 94.9 cm³/mol. The molecule has 6 heteroatoms. The molecule has 1 atom stereocenters. The smallest absolute Gasteiger partial charge is 0.238 e. The van der Waals surface area contributed by atoms with Crippen molar-refractivity contribution in [3.63, 3.8) is 0 Å². The van der Waals surface area contributed by atoms with E-state index in [1.165, 1.54) is 0 Å². The maximum absolute atomic E-state index is 12.2. The summed E-state index contributed by atoms with van der Waals surface area (Å²) in [5.41, 5.74) is 7.24. The van der Waals surface area contributed by atoms with Crippen molar-refractivity contribution in [2.45, 2.75) is 37.8 Å². The van der Waals surface area contributed by atoms with Crippen LogP contribution in [0.25, 0.3) is 0 Å². The number of aromatic nitrogens is 2. The molecule has 1 fully saturated rings. The largest absolute Gasteiger partial charge is 0.496 e. The summed E-state index contributed by atoms with van der Waals surface area (Å²) < 4.78 is 5.42. The Morgan fingerprint density at radius 1 is 1.36 bits per heavy atom. The number of nitrogens with two attached hydrogens (primary N) is 1. The topological polar surface area (TPSA) is 81.3 Å². The number of hydrogen-bond donors (Lipinski definition) is 1. The van der Waals surface area contributed by atoms with Gasteiger partial charge in [-0.2, -0.15) is 0 Å². The molecule has 6 nitrogen and oxygen atoms in total. The first kappa shape index (κ1) is 17.4. The van der Waals surface area contributed by atoms with Gasteiger partial charge in [-0.05, 0) is 31.7 Å². The Labute approximate surface area is 148 Å². The number of primary amides is 1. The standard InChI is InChI=1S/C19H24N4O2/c1-25-17-7-3-2-5-15(17)14-23-12-9-19(23,18(20)24)8-4-6-16-13-21-10-11-22-16/h2-3,5,7,10-11,13H,4,6,8-9,12,14H2,1H3,(H2,20,24). The number of amides is 1. The van der Waals surface area contributed by atoms with Gasteiger partial charge in [-0.15, -0.1) is 0 Å². The van der Waals surface area contributed by atoms with E-state index in [1.807, 2.05) is 24.3 Å². The second-order valence-electron chi connectivity index (χ2n) is 6.43. The summed E-state index contributed by atoms with van der Waals surface area (Å²) in [6.45, 7) is 1.53. The summed E-state index contributed by atoms with van der Waals surface area (Å²) in [7, 11) is 1.66. The first-order valence-electron chi connectivity index (χ1n) is 8.57. The van der Waals surface area contributed by atoms with Gasteiger partial charge in [-0.3, -0.25) is 19.7 Å². The zero-order chi connectivity index (χ0) is 17.7. The van der Waals surface area contributed by atoms with E-state index in [0.717, 1.165) is 49.2 Å². The molecule has 1 saturated heterocycles. The SMILES string of the molecule is COc1ccccc1CN1CCC1(CCCc1cnccn1)C(N)=O. The van der Waals surface area contributed by atoms with Crippen molar-refractivity contribution >= 4 is 5.91 Å². The van der Waals surface area contributed by atoms with Crippen LogP contribution in [0, 0.1) is 0 Å². The fourth-order valence-corrected chi connectivity index (χ4v) is 3.52. The quantitative estimate of drug-likeness (QED) is 0.794. The molecule has 3 rings (SSSR count). The van der Waals surface area contributed by atoms with Crippen LogP contribution in [0.1, 0.15) is 30.5 Å². The lowest BCUT2D eigenvalue weighted by Crippen LogP contribution is -2.66. The molecule has 1 aromatic carbocycles. The number of para-hydroxylation sites is 1. The zero-order valence-electron chi connectivity index (χ0n) is 14.5. The van der Waals surface area contributed by atoms with Crippen molar-refractivity contribution in [2.75, 3.05) is 13.7 Å². The van der Waals surface area contributed by atoms with Crippen molar-refractivity contribution in [3.8, 4) is 5.75 Å². The number of hydrogen-bond acceptors (Lipinski definition) is 5. The molecular weight excluding hydrogens is 316 g/mol. The van der Waals surface area contributed by atoms with Crippen LogP contribution in [-0.4, -0.2) is 40.0 Å². The van der Waals surface area contributed by atoms with Crippen LogP contribution >= 0.6 is 0 Å². The highest BCUT2D eigenvalue weighted by molar-refractivity contribution is 5.85. The highest BCUT2D eigenvalue weighted by atomic mass is 16.5. The minimum Gasteiger partial charge on any atom is -0.496 e. The van der Waals surface area contributed by atoms with Crippen LogP contribution in [-0.2, 0) is 17.8 Å². The average molecular weight is 340 g/mol. The second-order valence-corrected chi connectivity index (χ2v) is 6.43. The molecule has 0 aliphatic carbocycles. The van der Waals surface area contributed by atoms with Gasteiger partial charge in [0, 0.05) is 37.2 Å². The van der Waals surface area contributed by atoms with Crippen LogP contribution in [0.4, 0.5) is 0 Å². The van der Waals surface area contributed by atoms with Gasteiger partial charge >= 0.3 is 0 Å². The number of carbonyl (C=O) groups excluding carboxylic acids is 1. The number of carbonyl (C=O) groups is 1. The molecule has 0 radical (unpaired) electrons. The first-order valence-corrected chi connectivity index (χ1v) is 8.57.